The van der Waals surface area contributed by atoms with E-state index in [1.165, 1.54) is 49.2 Å². The molecule has 2 heterocycles. The number of thioether (sulfide) groups is 1. The summed E-state index contributed by atoms with van der Waals surface area (Å²) in [4.78, 5) is 8.87. The number of hydrogen-bond donors (Lipinski definition) is 2. The molecule has 2 aromatic heterocycles. The molecule has 6 heteroatoms. The summed E-state index contributed by atoms with van der Waals surface area (Å²) < 4.78 is 2.37. The fraction of sp³-hybridized carbons (Fsp3) is 0.556. The summed E-state index contributed by atoms with van der Waals surface area (Å²) in [5.74, 6) is 4.20. The van der Waals surface area contributed by atoms with Gasteiger partial charge in [-0.25, -0.2) is 9.97 Å². The van der Waals surface area contributed by atoms with Crippen molar-refractivity contribution in [3.8, 4) is 0 Å². The van der Waals surface area contributed by atoms with Crippen molar-refractivity contribution < 1.29 is 0 Å². The molecule has 2 atom stereocenters. The third-order valence-electron chi connectivity index (χ3n) is 6.36. The number of benzene rings is 1. The summed E-state index contributed by atoms with van der Waals surface area (Å²) in [5, 5.41) is 7.86. The molecule has 1 aliphatic rings. The van der Waals surface area contributed by atoms with E-state index in [0.717, 1.165) is 42.3 Å². The van der Waals surface area contributed by atoms with Crippen LogP contribution in [0.3, 0.4) is 0 Å². The maximum atomic E-state index is 4.54. The lowest BCUT2D eigenvalue weighted by Crippen LogP contribution is -2.20. The number of anilines is 1. The minimum Gasteiger partial charge on any atom is -0.372 e. The molecule has 1 aliphatic carbocycles. The largest absolute Gasteiger partial charge is 0.372 e. The average Bonchev–Trinajstić information content (AvgIpc) is 3.51. The Morgan fingerprint density at radius 1 is 1.03 bits per heavy atom. The molecule has 0 unspecified atom stereocenters. The van der Waals surface area contributed by atoms with E-state index in [0.29, 0.717) is 6.04 Å². The van der Waals surface area contributed by atoms with Gasteiger partial charge in [-0.15, -0.1) is 0 Å². The van der Waals surface area contributed by atoms with Crippen molar-refractivity contribution in [3.63, 3.8) is 0 Å². The van der Waals surface area contributed by atoms with Crippen LogP contribution < -0.4 is 10.6 Å². The van der Waals surface area contributed by atoms with Crippen LogP contribution in [0.4, 0.5) is 5.82 Å². The van der Waals surface area contributed by atoms with Gasteiger partial charge in [0, 0.05) is 31.6 Å². The van der Waals surface area contributed by atoms with E-state index >= 15 is 0 Å². The molecule has 0 spiro atoms. The first-order valence-electron chi connectivity index (χ1n) is 12.6. The van der Waals surface area contributed by atoms with Gasteiger partial charge < -0.3 is 15.2 Å². The van der Waals surface area contributed by atoms with Crippen molar-refractivity contribution in [1.29, 1.82) is 0 Å². The van der Waals surface area contributed by atoms with Crippen molar-refractivity contribution in [2.75, 3.05) is 37.0 Å². The Morgan fingerprint density at radius 3 is 2.61 bits per heavy atom. The van der Waals surface area contributed by atoms with Crippen LogP contribution in [-0.4, -0.2) is 46.2 Å². The first kappa shape index (κ1) is 25.6. The second kappa shape index (κ2) is 14.3. The maximum Gasteiger partial charge on any atom is 0.145 e. The quantitative estimate of drug-likeness (QED) is 0.330. The monoisotopic (exact) mass is 467 g/mol. The van der Waals surface area contributed by atoms with Gasteiger partial charge in [-0.3, -0.25) is 0 Å². The fourth-order valence-corrected chi connectivity index (χ4v) is 5.41. The van der Waals surface area contributed by atoms with E-state index in [9.17, 15) is 0 Å². The molecule has 1 saturated carbocycles. The predicted molar refractivity (Wildman–Crippen MR) is 144 cm³/mol. The van der Waals surface area contributed by atoms with Gasteiger partial charge in [-0.2, -0.15) is 11.8 Å². The molecule has 1 fully saturated rings. The average molecular weight is 468 g/mol. The summed E-state index contributed by atoms with van der Waals surface area (Å²) in [6.07, 6.45) is 11.4. The highest BCUT2D eigenvalue weighted by Crippen LogP contribution is 2.38. The van der Waals surface area contributed by atoms with Gasteiger partial charge in [0.15, 0.2) is 0 Å². The van der Waals surface area contributed by atoms with E-state index in [-0.39, 0.29) is 0 Å². The molecule has 0 saturated heterocycles. The van der Waals surface area contributed by atoms with Gasteiger partial charge in [-0.05, 0) is 55.5 Å². The summed E-state index contributed by atoms with van der Waals surface area (Å²) in [6, 6.07) is 13.4. The minimum absolute atomic E-state index is 0.571. The second-order valence-corrected chi connectivity index (χ2v) is 9.98. The number of aromatic nitrogens is 3. The van der Waals surface area contributed by atoms with Crippen LogP contribution in [0.15, 0.2) is 48.9 Å². The first-order chi connectivity index (χ1) is 16.3. The molecule has 180 valence electrons. The molecule has 4 rings (SSSR count). The molecular formula is C27H41N5S. The van der Waals surface area contributed by atoms with Crippen molar-refractivity contribution >= 4 is 28.6 Å². The van der Waals surface area contributed by atoms with Crippen LogP contribution >= 0.6 is 11.8 Å². The van der Waals surface area contributed by atoms with Gasteiger partial charge in [-0.1, -0.05) is 57.0 Å². The molecular weight excluding hydrogens is 426 g/mol. The zero-order chi connectivity index (χ0) is 23.3. The van der Waals surface area contributed by atoms with Crippen LogP contribution in [0.5, 0.6) is 0 Å². The fourth-order valence-electron chi connectivity index (χ4n) is 4.31. The highest BCUT2D eigenvalue weighted by atomic mass is 32.2. The van der Waals surface area contributed by atoms with Crippen molar-refractivity contribution in [1.82, 2.24) is 19.9 Å². The molecule has 5 nitrogen and oxygen atoms in total. The van der Waals surface area contributed by atoms with Crippen molar-refractivity contribution in [3.05, 3.63) is 54.5 Å². The Hall–Kier alpha value is -2.05. The topological polar surface area (TPSA) is 54.8 Å². The summed E-state index contributed by atoms with van der Waals surface area (Å²) in [6.45, 7) is 6.52. The van der Waals surface area contributed by atoms with Gasteiger partial charge in [0.25, 0.3) is 0 Å². The van der Waals surface area contributed by atoms with Crippen LogP contribution in [0, 0.1) is 5.92 Å². The highest BCUT2D eigenvalue weighted by molar-refractivity contribution is 7.99. The molecule has 33 heavy (non-hydrogen) atoms. The smallest absolute Gasteiger partial charge is 0.145 e. The zero-order valence-electron chi connectivity index (χ0n) is 20.6. The highest BCUT2D eigenvalue weighted by Gasteiger charge is 2.27. The van der Waals surface area contributed by atoms with Crippen LogP contribution in [0.25, 0.3) is 11.0 Å². The van der Waals surface area contributed by atoms with Crippen molar-refractivity contribution in [2.45, 2.75) is 58.4 Å². The van der Waals surface area contributed by atoms with Crippen molar-refractivity contribution in [2.24, 2.45) is 5.92 Å². The summed E-state index contributed by atoms with van der Waals surface area (Å²) in [5.41, 5.74) is 2.47. The first-order valence-corrected chi connectivity index (χ1v) is 13.7. The Balaban J connectivity index is 0.000000709. The number of nitrogens with zero attached hydrogens (tertiary/aromatic N) is 3. The van der Waals surface area contributed by atoms with Crippen LogP contribution in [0.1, 0.15) is 57.6 Å². The molecule has 1 aromatic carbocycles. The summed E-state index contributed by atoms with van der Waals surface area (Å²) >= 11 is 2.10. The van der Waals surface area contributed by atoms with Crippen LogP contribution in [0.2, 0.25) is 0 Å². The Kier molecular flexibility index (Phi) is 11.1. The molecule has 3 aromatic rings. The lowest BCUT2D eigenvalue weighted by Gasteiger charge is -2.14. The molecule has 2 N–H and O–H groups in total. The number of unbranched alkanes of at least 4 members (excludes halogenated alkanes) is 1. The predicted octanol–water partition coefficient (Wildman–Crippen LogP) is 6.19. The second-order valence-electron chi connectivity index (χ2n) is 8.83. The number of fused-ring (bicyclic) bond motifs is 1. The Morgan fingerprint density at radius 2 is 1.85 bits per heavy atom. The van der Waals surface area contributed by atoms with Gasteiger partial charge in [0.05, 0.1) is 5.39 Å². The van der Waals surface area contributed by atoms with Gasteiger partial charge in [0.2, 0.25) is 0 Å². The van der Waals surface area contributed by atoms with Gasteiger partial charge in [0.1, 0.15) is 17.8 Å². The van der Waals surface area contributed by atoms with E-state index in [2.05, 4.69) is 93.4 Å². The SMILES string of the molecule is CCCC.CNc1ncnc2c1ccn2[C@H]1CC[C@@H](CSCCNCCc2ccccc2)C1. The standard InChI is InChI=1S/C23H31N5S.C4H10/c1-24-22-21-10-13-28(23(21)27-17-26-22)20-8-7-19(15-20)16-29-14-12-25-11-9-18-5-3-2-4-6-18;1-3-4-2/h2-6,10,13,17,19-20,25H,7-9,11-12,14-16H2,1H3,(H,24,26,27);3-4H2,1-2H3/t19-,20+;/m1./s1. The minimum atomic E-state index is 0.571. The zero-order valence-corrected chi connectivity index (χ0v) is 21.4. The molecule has 0 radical (unpaired) electrons. The Bertz CT molecular complexity index is 925. The third-order valence-corrected chi connectivity index (χ3v) is 7.56. The van der Waals surface area contributed by atoms with E-state index in [4.69, 9.17) is 0 Å². The molecule has 0 bridgehead atoms. The molecule has 0 aliphatic heterocycles. The normalized spacial score (nSPS) is 17.7. The lowest BCUT2D eigenvalue weighted by molar-refractivity contribution is 0.507. The van der Waals surface area contributed by atoms with E-state index < -0.39 is 0 Å². The van der Waals surface area contributed by atoms with Crippen LogP contribution in [-0.2, 0) is 6.42 Å². The maximum absolute atomic E-state index is 4.54. The number of nitrogens with one attached hydrogen (secondary N) is 2. The number of hydrogen-bond acceptors (Lipinski definition) is 5. The molecule has 0 amide bonds. The lowest BCUT2D eigenvalue weighted by atomic mass is 10.1. The number of rotatable bonds is 11. The Labute approximate surface area is 204 Å². The van der Waals surface area contributed by atoms with E-state index in [1.807, 2.05) is 7.05 Å². The summed E-state index contributed by atoms with van der Waals surface area (Å²) in [7, 11) is 1.92. The third kappa shape index (κ3) is 7.75. The van der Waals surface area contributed by atoms with Gasteiger partial charge >= 0.3 is 0 Å². The van der Waals surface area contributed by atoms with E-state index in [1.54, 1.807) is 6.33 Å².